The summed E-state index contributed by atoms with van der Waals surface area (Å²) in [7, 11) is 1.61. The zero-order valence-corrected chi connectivity index (χ0v) is 15.3. The third-order valence-corrected chi connectivity index (χ3v) is 4.03. The van der Waals surface area contributed by atoms with E-state index in [1.807, 2.05) is 30.3 Å². The van der Waals surface area contributed by atoms with E-state index in [0.717, 1.165) is 10.5 Å². The largest absolute Gasteiger partial charge is 0.451 e. The topological polar surface area (TPSA) is 96.0 Å². The maximum Gasteiger partial charge on any atom is 0.327 e. The quantitative estimate of drug-likeness (QED) is 0.600. The summed E-state index contributed by atoms with van der Waals surface area (Å²) in [4.78, 5) is 50.4. The Morgan fingerprint density at radius 1 is 1.23 bits per heavy atom. The van der Waals surface area contributed by atoms with Crippen molar-refractivity contribution in [1.82, 2.24) is 15.1 Å². The lowest BCUT2D eigenvalue weighted by molar-refractivity contribution is -0.160. The minimum Gasteiger partial charge on any atom is -0.451 e. The Morgan fingerprint density at radius 2 is 1.85 bits per heavy atom. The van der Waals surface area contributed by atoms with Crippen molar-refractivity contribution < 1.29 is 23.9 Å². The van der Waals surface area contributed by atoms with Crippen LogP contribution < -0.4 is 5.32 Å². The van der Waals surface area contributed by atoms with Gasteiger partial charge in [0.25, 0.3) is 11.8 Å². The summed E-state index contributed by atoms with van der Waals surface area (Å²) < 4.78 is 5.09. The van der Waals surface area contributed by atoms with Crippen LogP contribution in [0.25, 0.3) is 0 Å². The molecule has 1 aliphatic heterocycles. The first-order valence-corrected chi connectivity index (χ1v) is 8.24. The maximum atomic E-state index is 12.3. The monoisotopic (exact) mass is 361 g/mol. The minimum atomic E-state index is -1.06. The number of hydrogen-bond donors (Lipinski definition) is 1. The number of imide groups is 1. The van der Waals surface area contributed by atoms with Gasteiger partial charge in [-0.2, -0.15) is 0 Å². The van der Waals surface area contributed by atoms with Gasteiger partial charge in [0.1, 0.15) is 12.1 Å². The molecular formula is C18H23N3O5. The fraction of sp³-hybridized carbons (Fsp3) is 0.444. The number of carbonyl (C=O) groups is 4. The second-order valence-corrected chi connectivity index (χ2v) is 6.76. The normalized spacial score (nSPS) is 16.8. The third kappa shape index (κ3) is 4.38. The second-order valence-electron chi connectivity index (χ2n) is 6.76. The standard InChI is InChI=1S/C18H23N3O5/c1-12(15(23)20(4)10-13-8-6-5-7-9-13)26-14(22)11-21-16(24)18(2,3)19-17(21)25/h5-9,12H,10-11H2,1-4H3,(H,19,25)/t12-/m0/s1. The number of nitrogens with one attached hydrogen (secondary N) is 1. The van der Waals surface area contributed by atoms with E-state index < -0.39 is 36.1 Å². The molecule has 1 atom stereocenters. The first-order valence-electron chi connectivity index (χ1n) is 8.24. The molecule has 1 saturated heterocycles. The molecular weight excluding hydrogens is 338 g/mol. The molecule has 0 bridgehead atoms. The highest BCUT2D eigenvalue weighted by Gasteiger charge is 2.45. The predicted octanol–water partition coefficient (Wildman–Crippen LogP) is 0.907. The number of esters is 1. The van der Waals surface area contributed by atoms with Crippen LogP contribution in [0.2, 0.25) is 0 Å². The predicted molar refractivity (Wildman–Crippen MR) is 92.8 cm³/mol. The van der Waals surface area contributed by atoms with Gasteiger partial charge in [-0.3, -0.25) is 19.3 Å². The molecule has 8 nitrogen and oxygen atoms in total. The SMILES string of the molecule is C[C@H](OC(=O)CN1C(=O)NC(C)(C)C1=O)C(=O)N(C)Cc1ccccc1. The van der Waals surface area contributed by atoms with Gasteiger partial charge in [-0.05, 0) is 26.3 Å². The summed E-state index contributed by atoms with van der Waals surface area (Å²) in [5, 5.41) is 2.47. The van der Waals surface area contributed by atoms with E-state index in [-0.39, 0.29) is 5.91 Å². The maximum absolute atomic E-state index is 12.3. The summed E-state index contributed by atoms with van der Waals surface area (Å²) in [5.74, 6) is -1.71. The van der Waals surface area contributed by atoms with Crippen molar-refractivity contribution in [1.29, 1.82) is 0 Å². The number of amides is 4. The molecule has 0 radical (unpaired) electrons. The van der Waals surface area contributed by atoms with Crippen molar-refractivity contribution in [2.24, 2.45) is 0 Å². The summed E-state index contributed by atoms with van der Waals surface area (Å²) in [6.07, 6.45) is -1.02. The first kappa shape index (κ1) is 19.4. The molecule has 1 N–H and O–H groups in total. The Labute approximate surface area is 152 Å². The first-order chi connectivity index (χ1) is 12.1. The zero-order chi connectivity index (χ0) is 19.5. The summed E-state index contributed by atoms with van der Waals surface area (Å²) in [6.45, 7) is 4.39. The van der Waals surface area contributed by atoms with E-state index in [1.54, 1.807) is 20.9 Å². The lowest BCUT2D eigenvalue weighted by atomic mass is 10.1. The fourth-order valence-electron chi connectivity index (χ4n) is 2.62. The number of likely N-dealkylation sites (N-methyl/N-ethyl adjacent to an activating group) is 1. The number of hydrogen-bond acceptors (Lipinski definition) is 5. The number of rotatable bonds is 6. The molecule has 26 heavy (non-hydrogen) atoms. The van der Waals surface area contributed by atoms with Crippen LogP contribution in [-0.4, -0.2) is 58.8 Å². The van der Waals surface area contributed by atoms with Crippen LogP contribution >= 0.6 is 0 Å². The van der Waals surface area contributed by atoms with E-state index in [1.165, 1.54) is 11.8 Å². The molecule has 0 unspecified atom stereocenters. The Bertz CT molecular complexity index is 717. The molecule has 0 aromatic heterocycles. The molecule has 2 rings (SSSR count). The number of carbonyl (C=O) groups excluding carboxylic acids is 4. The van der Waals surface area contributed by atoms with Crippen molar-refractivity contribution in [3.63, 3.8) is 0 Å². The van der Waals surface area contributed by atoms with Crippen molar-refractivity contribution in [2.75, 3.05) is 13.6 Å². The van der Waals surface area contributed by atoms with E-state index in [9.17, 15) is 19.2 Å². The Morgan fingerprint density at radius 3 is 2.38 bits per heavy atom. The highest BCUT2D eigenvalue weighted by atomic mass is 16.5. The highest BCUT2D eigenvalue weighted by Crippen LogP contribution is 2.16. The Balaban J connectivity index is 1.89. The van der Waals surface area contributed by atoms with Crippen LogP contribution in [0.3, 0.4) is 0 Å². The molecule has 1 heterocycles. The van der Waals surface area contributed by atoms with E-state index in [2.05, 4.69) is 5.32 Å². The average molecular weight is 361 g/mol. The molecule has 1 aliphatic rings. The van der Waals surface area contributed by atoms with E-state index >= 15 is 0 Å². The summed E-state index contributed by atoms with van der Waals surface area (Å²) >= 11 is 0. The molecule has 0 saturated carbocycles. The number of ether oxygens (including phenoxy) is 1. The van der Waals surface area contributed by atoms with Crippen LogP contribution in [0.1, 0.15) is 26.3 Å². The molecule has 0 spiro atoms. The van der Waals surface area contributed by atoms with Gasteiger partial charge in [0, 0.05) is 13.6 Å². The molecule has 0 aliphatic carbocycles. The Kier molecular flexibility index (Phi) is 5.64. The molecule has 4 amide bonds. The van der Waals surface area contributed by atoms with Crippen molar-refractivity contribution in [3.05, 3.63) is 35.9 Å². The van der Waals surface area contributed by atoms with Crippen molar-refractivity contribution in [2.45, 2.75) is 39.0 Å². The van der Waals surface area contributed by atoms with E-state index in [4.69, 9.17) is 4.74 Å². The van der Waals surface area contributed by atoms with Crippen molar-refractivity contribution in [3.8, 4) is 0 Å². The third-order valence-electron chi connectivity index (χ3n) is 4.03. The van der Waals surface area contributed by atoms with Crippen LogP contribution in [0.4, 0.5) is 4.79 Å². The molecule has 8 heteroatoms. The van der Waals surface area contributed by atoms with Gasteiger partial charge in [-0.25, -0.2) is 4.79 Å². The van der Waals surface area contributed by atoms with Gasteiger partial charge >= 0.3 is 12.0 Å². The van der Waals surface area contributed by atoms with Gasteiger partial charge in [-0.15, -0.1) is 0 Å². The number of urea groups is 1. The van der Waals surface area contributed by atoms with Gasteiger partial charge in [0.2, 0.25) is 0 Å². The zero-order valence-electron chi connectivity index (χ0n) is 15.3. The molecule has 1 aromatic rings. The van der Waals surface area contributed by atoms with Gasteiger partial charge in [0.15, 0.2) is 6.10 Å². The number of benzene rings is 1. The average Bonchev–Trinajstić information content (AvgIpc) is 2.76. The van der Waals surface area contributed by atoms with Crippen LogP contribution in [0, 0.1) is 0 Å². The van der Waals surface area contributed by atoms with Gasteiger partial charge in [-0.1, -0.05) is 30.3 Å². The minimum absolute atomic E-state index is 0.375. The van der Waals surface area contributed by atoms with Crippen LogP contribution in [0.5, 0.6) is 0 Å². The summed E-state index contributed by atoms with van der Waals surface area (Å²) in [6, 6.07) is 8.75. The van der Waals surface area contributed by atoms with E-state index in [0.29, 0.717) is 6.54 Å². The number of nitrogens with zero attached hydrogens (tertiary/aromatic N) is 2. The van der Waals surface area contributed by atoms with Crippen molar-refractivity contribution >= 4 is 23.8 Å². The Hall–Kier alpha value is -2.90. The second kappa shape index (κ2) is 7.55. The summed E-state index contributed by atoms with van der Waals surface area (Å²) in [5.41, 5.74) is -0.113. The highest BCUT2D eigenvalue weighted by molar-refractivity contribution is 6.08. The van der Waals surface area contributed by atoms with Gasteiger partial charge < -0.3 is 15.0 Å². The van der Waals surface area contributed by atoms with Gasteiger partial charge in [0.05, 0.1) is 0 Å². The smallest absolute Gasteiger partial charge is 0.327 e. The molecule has 140 valence electrons. The van der Waals surface area contributed by atoms with Crippen LogP contribution in [0.15, 0.2) is 30.3 Å². The fourth-order valence-corrected chi connectivity index (χ4v) is 2.62. The lowest BCUT2D eigenvalue weighted by Crippen LogP contribution is -2.42. The molecule has 1 aromatic carbocycles. The van der Waals surface area contributed by atoms with Crippen LogP contribution in [-0.2, 0) is 25.7 Å². The molecule has 1 fully saturated rings. The lowest BCUT2D eigenvalue weighted by Gasteiger charge is -2.22.